The van der Waals surface area contributed by atoms with Crippen molar-refractivity contribution < 1.29 is 27.5 Å². The van der Waals surface area contributed by atoms with Crippen molar-refractivity contribution in [3.05, 3.63) is 35.7 Å². The predicted molar refractivity (Wildman–Crippen MR) is 67.7 cm³/mol. The van der Waals surface area contributed by atoms with Gasteiger partial charge in [0.15, 0.2) is 0 Å². The molecule has 0 amide bonds. The molecule has 6 nitrogen and oxygen atoms in total. The van der Waals surface area contributed by atoms with Crippen molar-refractivity contribution in [2.24, 2.45) is 5.16 Å². The van der Waals surface area contributed by atoms with Gasteiger partial charge in [-0.25, -0.2) is 0 Å². The third-order valence-corrected chi connectivity index (χ3v) is 3.15. The van der Waals surface area contributed by atoms with E-state index < -0.39 is 18.4 Å². The van der Waals surface area contributed by atoms with Crippen molar-refractivity contribution in [3.63, 3.8) is 0 Å². The summed E-state index contributed by atoms with van der Waals surface area (Å²) >= 11 is 0. The quantitative estimate of drug-likeness (QED) is 0.921. The molecule has 116 valence electrons. The monoisotopic (exact) mass is 313 g/mol. The molecule has 1 N–H and O–H groups in total. The number of benzene rings is 1. The Morgan fingerprint density at radius 2 is 1.77 bits per heavy atom. The number of oxime groups is 1. The molecule has 1 aromatic carbocycles. The smallest absolute Gasteiger partial charge is 0.421 e. The van der Waals surface area contributed by atoms with Crippen molar-refractivity contribution in [2.75, 3.05) is 0 Å². The molecule has 1 aliphatic rings. The number of aryl methyl sites for hydroxylation is 1. The molecule has 0 spiro atoms. The van der Waals surface area contributed by atoms with Gasteiger partial charge in [0.05, 0.1) is 12.1 Å². The zero-order valence-corrected chi connectivity index (χ0v) is 11.3. The van der Waals surface area contributed by atoms with Gasteiger partial charge in [0.2, 0.25) is 11.8 Å². The average molecular weight is 313 g/mol. The summed E-state index contributed by atoms with van der Waals surface area (Å²) in [6.07, 6.45) is -5.69. The molecule has 2 heterocycles. The minimum atomic E-state index is -4.92. The molecule has 0 bridgehead atoms. The van der Waals surface area contributed by atoms with Crippen LogP contribution in [0.25, 0.3) is 11.5 Å². The summed E-state index contributed by atoms with van der Waals surface area (Å²) in [4.78, 5) is 4.17. The SMILES string of the molecule is Cc1nnc(-c2ccc(C3=NOC(O)(C(F)(F)F)C3)cc2)o1. The first-order valence-corrected chi connectivity index (χ1v) is 6.23. The third-order valence-electron chi connectivity index (χ3n) is 3.15. The molecule has 1 unspecified atom stereocenters. The zero-order chi connectivity index (χ0) is 16.0. The lowest BCUT2D eigenvalue weighted by Crippen LogP contribution is -2.45. The lowest BCUT2D eigenvalue weighted by atomic mass is 10.0. The highest BCUT2D eigenvalue weighted by molar-refractivity contribution is 6.01. The molecule has 1 aliphatic heterocycles. The molecule has 1 aromatic heterocycles. The average Bonchev–Trinajstić information content (AvgIpc) is 3.06. The number of aromatic nitrogens is 2. The molecule has 0 saturated heterocycles. The second-order valence-electron chi connectivity index (χ2n) is 4.79. The molecule has 0 radical (unpaired) electrons. The van der Waals surface area contributed by atoms with Crippen molar-refractivity contribution in [1.29, 1.82) is 0 Å². The van der Waals surface area contributed by atoms with E-state index in [1.165, 1.54) is 0 Å². The van der Waals surface area contributed by atoms with E-state index in [4.69, 9.17) is 4.42 Å². The maximum Gasteiger partial charge on any atom is 0.458 e. The Hall–Kier alpha value is -2.42. The second kappa shape index (κ2) is 4.80. The van der Waals surface area contributed by atoms with E-state index in [-0.39, 0.29) is 5.71 Å². The minimum Gasteiger partial charge on any atom is -0.421 e. The highest BCUT2D eigenvalue weighted by Crippen LogP contribution is 2.39. The molecular weight excluding hydrogens is 303 g/mol. The van der Waals surface area contributed by atoms with Crippen molar-refractivity contribution in [1.82, 2.24) is 10.2 Å². The fourth-order valence-electron chi connectivity index (χ4n) is 1.95. The van der Waals surface area contributed by atoms with Crippen LogP contribution < -0.4 is 0 Å². The minimum absolute atomic E-state index is 0.00749. The molecule has 0 saturated carbocycles. The van der Waals surface area contributed by atoms with Crippen LogP contribution in [0.3, 0.4) is 0 Å². The number of alkyl halides is 3. The number of nitrogens with zero attached hydrogens (tertiary/aromatic N) is 3. The van der Waals surface area contributed by atoms with E-state index in [2.05, 4.69) is 20.2 Å². The maximum atomic E-state index is 12.6. The first-order valence-electron chi connectivity index (χ1n) is 6.23. The topological polar surface area (TPSA) is 80.7 Å². The number of halogens is 3. The van der Waals surface area contributed by atoms with Gasteiger partial charge in [-0.1, -0.05) is 17.3 Å². The second-order valence-corrected chi connectivity index (χ2v) is 4.79. The Morgan fingerprint density at radius 3 is 2.27 bits per heavy atom. The number of hydrogen-bond donors (Lipinski definition) is 1. The third kappa shape index (κ3) is 2.43. The van der Waals surface area contributed by atoms with Gasteiger partial charge in [-0.15, -0.1) is 10.2 Å². The molecule has 3 rings (SSSR count). The highest BCUT2D eigenvalue weighted by Gasteiger charge is 2.60. The molecule has 0 fully saturated rings. The van der Waals surface area contributed by atoms with Crippen molar-refractivity contribution in [3.8, 4) is 11.5 Å². The Kier molecular flexibility index (Phi) is 3.17. The van der Waals surface area contributed by atoms with Crippen molar-refractivity contribution >= 4 is 5.71 Å². The van der Waals surface area contributed by atoms with E-state index >= 15 is 0 Å². The Balaban J connectivity index is 1.80. The number of hydrogen-bond acceptors (Lipinski definition) is 6. The summed E-state index contributed by atoms with van der Waals surface area (Å²) in [6.45, 7) is 1.65. The molecule has 22 heavy (non-hydrogen) atoms. The van der Waals surface area contributed by atoms with Gasteiger partial charge in [-0.2, -0.15) is 13.2 Å². The van der Waals surface area contributed by atoms with Gasteiger partial charge in [0.1, 0.15) is 0 Å². The Labute approximate surface area is 122 Å². The lowest BCUT2D eigenvalue weighted by Gasteiger charge is -2.22. The van der Waals surface area contributed by atoms with Gasteiger partial charge >= 0.3 is 12.0 Å². The van der Waals surface area contributed by atoms with Crippen LogP contribution in [-0.2, 0) is 4.84 Å². The normalized spacial score (nSPS) is 21.6. The standard InChI is InChI=1S/C13H10F3N3O3/c1-7-17-18-11(21-7)9-4-2-8(3-5-9)10-6-12(20,22-19-10)13(14,15)16/h2-5,20H,6H2,1H3. The first-order chi connectivity index (χ1) is 10.3. The molecule has 9 heteroatoms. The van der Waals surface area contributed by atoms with E-state index in [1.54, 1.807) is 31.2 Å². The summed E-state index contributed by atoms with van der Waals surface area (Å²) < 4.78 is 43.2. The van der Waals surface area contributed by atoms with E-state index in [9.17, 15) is 18.3 Å². The predicted octanol–water partition coefficient (Wildman–Crippen LogP) is 2.42. The summed E-state index contributed by atoms with van der Waals surface area (Å²) in [6, 6.07) is 6.30. The highest BCUT2D eigenvalue weighted by atomic mass is 19.4. The Morgan fingerprint density at radius 1 is 1.14 bits per heavy atom. The van der Waals surface area contributed by atoms with Gasteiger partial charge in [0.25, 0.3) is 0 Å². The fraction of sp³-hybridized carbons (Fsp3) is 0.308. The molecule has 1 atom stereocenters. The zero-order valence-electron chi connectivity index (χ0n) is 11.3. The summed E-state index contributed by atoms with van der Waals surface area (Å²) in [5, 5.41) is 20.3. The van der Waals surface area contributed by atoms with Crippen LogP contribution in [0.4, 0.5) is 13.2 Å². The summed E-state index contributed by atoms with van der Waals surface area (Å²) in [5.74, 6) is -2.56. The van der Waals surface area contributed by atoms with Crippen LogP contribution in [0.5, 0.6) is 0 Å². The number of aliphatic hydroxyl groups is 1. The largest absolute Gasteiger partial charge is 0.458 e. The fourth-order valence-corrected chi connectivity index (χ4v) is 1.95. The van der Waals surface area contributed by atoms with Gasteiger partial charge in [0, 0.05) is 12.5 Å². The number of rotatable bonds is 2. The van der Waals surface area contributed by atoms with Crippen LogP contribution in [0.15, 0.2) is 33.8 Å². The van der Waals surface area contributed by atoms with E-state index in [0.717, 1.165) is 0 Å². The maximum absolute atomic E-state index is 12.6. The summed E-state index contributed by atoms with van der Waals surface area (Å²) in [7, 11) is 0. The summed E-state index contributed by atoms with van der Waals surface area (Å²) in [5.41, 5.74) is 1.03. The van der Waals surface area contributed by atoms with Crippen molar-refractivity contribution in [2.45, 2.75) is 25.3 Å². The van der Waals surface area contributed by atoms with Crippen LogP contribution in [0.2, 0.25) is 0 Å². The molecule has 0 aliphatic carbocycles. The van der Waals surface area contributed by atoms with Gasteiger partial charge in [-0.3, -0.25) is 0 Å². The van der Waals surface area contributed by atoms with Crippen LogP contribution >= 0.6 is 0 Å². The Bertz CT molecular complexity index is 724. The van der Waals surface area contributed by atoms with Crippen LogP contribution in [0.1, 0.15) is 17.9 Å². The van der Waals surface area contributed by atoms with Crippen LogP contribution in [0, 0.1) is 6.92 Å². The van der Waals surface area contributed by atoms with Gasteiger partial charge < -0.3 is 14.4 Å². The van der Waals surface area contributed by atoms with E-state index in [0.29, 0.717) is 22.9 Å². The molecular formula is C13H10F3N3O3. The van der Waals surface area contributed by atoms with Gasteiger partial charge in [-0.05, 0) is 17.7 Å². The van der Waals surface area contributed by atoms with E-state index in [1.807, 2.05) is 0 Å². The van der Waals surface area contributed by atoms with Crippen LogP contribution in [-0.4, -0.2) is 33.0 Å². The lowest BCUT2D eigenvalue weighted by molar-refractivity contribution is -0.355. The molecule has 2 aromatic rings. The first kappa shape index (κ1) is 14.5.